The van der Waals surface area contributed by atoms with Crippen molar-refractivity contribution in [3.8, 4) is 11.6 Å². The summed E-state index contributed by atoms with van der Waals surface area (Å²) in [4.78, 5) is 0. The predicted molar refractivity (Wildman–Crippen MR) is 58.1 cm³/mol. The molecule has 0 aromatic carbocycles. The molecule has 0 atom stereocenters. The summed E-state index contributed by atoms with van der Waals surface area (Å²) in [6.45, 7) is 0.695. The number of nitrogens with zero attached hydrogens (tertiary/aromatic N) is 4. The Balaban J connectivity index is 2.05. The third-order valence-corrected chi connectivity index (χ3v) is 1.96. The van der Waals surface area contributed by atoms with Gasteiger partial charge in [-0.05, 0) is 13.1 Å². The minimum atomic E-state index is 0.466. The van der Waals surface area contributed by atoms with Crippen LogP contribution in [0.25, 0.3) is 0 Å². The van der Waals surface area contributed by atoms with Crippen LogP contribution in [0.1, 0.15) is 5.69 Å². The molecular weight excluding hydrogens is 206 g/mol. The highest BCUT2D eigenvalue weighted by molar-refractivity contribution is 5.21. The third-order valence-electron chi connectivity index (χ3n) is 1.96. The Hall–Kier alpha value is -1.95. The van der Waals surface area contributed by atoms with Crippen LogP contribution in [0.2, 0.25) is 0 Å². The van der Waals surface area contributed by atoms with Crippen LogP contribution >= 0.6 is 0 Å². The Bertz CT molecular complexity index is 450. The van der Waals surface area contributed by atoms with Crippen molar-refractivity contribution in [3.05, 3.63) is 30.2 Å². The molecule has 0 aliphatic heterocycles. The quantitative estimate of drug-likeness (QED) is 0.820. The van der Waals surface area contributed by atoms with Gasteiger partial charge in [-0.15, -0.1) is 5.10 Å². The fourth-order valence-electron chi connectivity index (χ4n) is 1.25. The maximum atomic E-state index is 5.45. The number of rotatable bonds is 4. The lowest BCUT2D eigenvalue weighted by molar-refractivity contribution is 0.453. The van der Waals surface area contributed by atoms with Crippen molar-refractivity contribution >= 4 is 0 Å². The van der Waals surface area contributed by atoms with Crippen molar-refractivity contribution in [3.63, 3.8) is 0 Å². The van der Waals surface area contributed by atoms with Crippen LogP contribution < -0.4 is 10.1 Å². The lowest BCUT2D eigenvalue weighted by Crippen LogP contribution is -2.07. The van der Waals surface area contributed by atoms with Crippen LogP contribution in [-0.2, 0) is 13.6 Å². The number of nitrogens with one attached hydrogen (secondary N) is 1. The first kappa shape index (κ1) is 10.6. The van der Waals surface area contributed by atoms with Gasteiger partial charge in [-0.1, -0.05) is 0 Å². The number of aryl methyl sites for hydroxylation is 1. The minimum absolute atomic E-state index is 0.466. The van der Waals surface area contributed by atoms with Gasteiger partial charge in [0, 0.05) is 19.7 Å². The number of aromatic nitrogens is 4. The van der Waals surface area contributed by atoms with E-state index in [0.717, 1.165) is 5.69 Å². The van der Waals surface area contributed by atoms with Gasteiger partial charge in [-0.25, -0.2) is 0 Å². The van der Waals surface area contributed by atoms with E-state index in [1.165, 1.54) is 0 Å². The number of hydrogen-bond acceptors (Lipinski definition) is 5. The van der Waals surface area contributed by atoms with Crippen LogP contribution in [-0.4, -0.2) is 27.0 Å². The third kappa shape index (κ3) is 2.54. The second-order valence-electron chi connectivity index (χ2n) is 3.35. The molecular formula is C10H13N5O. The highest BCUT2D eigenvalue weighted by atomic mass is 16.5. The molecule has 0 spiro atoms. The summed E-state index contributed by atoms with van der Waals surface area (Å²) in [7, 11) is 3.69. The monoisotopic (exact) mass is 219 g/mol. The first-order chi connectivity index (χ1) is 7.78. The van der Waals surface area contributed by atoms with E-state index in [1.54, 1.807) is 23.1 Å². The van der Waals surface area contributed by atoms with Crippen LogP contribution in [0, 0.1) is 0 Å². The molecule has 0 unspecified atom stereocenters. The maximum absolute atomic E-state index is 5.45. The normalized spacial score (nSPS) is 10.4. The molecule has 0 saturated carbocycles. The molecule has 6 nitrogen and oxygen atoms in total. The Kier molecular flexibility index (Phi) is 3.11. The smallest absolute Gasteiger partial charge is 0.239 e. The van der Waals surface area contributed by atoms with Gasteiger partial charge in [0.2, 0.25) is 5.88 Å². The Morgan fingerprint density at radius 1 is 1.38 bits per heavy atom. The van der Waals surface area contributed by atoms with Gasteiger partial charge in [0.25, 0.3) is 0 Å². The van der Waals surface area contributed by atoms with Gasteiger partial charge in [0.05, 0.1) is 18.1 Å². The predicted octanol–water partition coefficient (Wildman–Crippen LogP) is 0.722. The van der Waals surface area contributed by atoms with Gasteiger partial charge >= 0.3 is 0 Å². The lowest BCUT2D eigenvalue weighted by Gasteiger charge is -2.01. The molecule has 0 amide bonds. The van der Waals surface area contributed by atoms with Crippen molar-refractivity contribution in [2.24, 2.45) is 7.05 Å². The molecule has 2 aromatic rings. The summed E-state index contributed by atoms with van der Waals surface area (Å²) in [6, 6.07) is 3.65. The molecule has 2 rings (SSSR count). The average molecular weight is 219 g/mol. The molecule has 0 aliphatic rings. The SMILES string of the molecule is CNCc1ccc(Oc2cnn(C)c2)nn1. The standard InChI is InChI=1S/C10H13N5O/c1-11-5-8-3-4-10(14-13-8)16-9-6-12-15(2)7-9/h3-4,6-7,11H,5H2,1-2H3. The van der Waals surface area contributed by atoms with Crippen LogP contribution in [0.3, 0.4) is 0 Å². The lowest BCUT2D eigenvalue weighted by atomic mass is 10.4. The van der Waals surface area contributed by atoms with Crippen molar-refractivity contribution < 1.29 is 4.74 Å². The van der Waals surface area contributed by atoms with Crippen LogP contribution in [0.4, 0.5) is 0 Å². The molecule has 0 saturated heterocycles. The number of ether oxygens (including phenoxy) is 1. The van der Waals surface area contributed by atoms with Gasteiger partial charge in [-0.2, -0.15) is 10.2 Å². The molecule has 0 radical (unpaired) electrons. The summed E-state index contributed by atoms with van der Waals surface area (Å²) >= 11 is 0. The van der Waals surface area contributed by atoms with E-state index in [-0.39, 0.29) is 0 Å². The Morgan fingerprint density at radius 2 is 2.25 bits per heavy atom. The molecule has 6 heteroatoms. The molecule has 0 bridgehead atoms. The zero-order chi connectivity index (χ0) is 11.4. The van der Waals surface area contributed by atoms with E-state index >= 15 is 0 Å². The van der Waals surface area contributed by atoms with E-state index in [1.807, 2.05) is 20.2 Å². The summed E-state index contributed by atoms with van der Waals surface area (Å²) in [5.74, 6) is 1.12. The Morgan fingerprint density at radius 3 is 2.81 bits per heavy atom. The summed E-state index contributed by atoms with van der Waals surface area (Å²) in [5.41, 5.74) is 0.876. The molecule has 84 valence electrons. The van der Waals surface area contributed by atoms with Crippen LogP contribution in [0.5, 0.6) is 11.6 Å². The highest BCUT2D eigenvalue weighted by Crippen LogP contribution is 2.16. The van der Waals surface area contributed by atoms with E-state index in [4.69, 9.17) is 4.74 Å². The molecule has 2 aromatic heterocycles. The van der Waals surface area contributed by atoms with Crippen molar-refractivity contribution in [2.45, 2.75) is 6.54 Å². The summed E-state index contributed by atoms with van der Waals surface area (Å²) < 4.78 is 7.12. The van der Waals surface area contributed by atoms with Crippen molar-refractivity contribution in [2.75, 3.05) is 7.05 Å². The van der Waals surface area contributed by atoms with Gasteiger partial charge in [0.15, 0.2) is 5.75 Å². The van der Waals surface area contributed by atoms with Gasteiger partial charge in [0.1, 0.15) is 0 Å². The number of hydrogen-bond donors (Lipinski definition) is 1. The van der Waals surface area contributed by atoms with E-state index in [0.29, 0.717) is 18.2 Å². The van der Waals surface area contributed by atoms with Crippen molar-refractivity contribution in [1.29, 1.82) is 0 Å². The average Bonchev–Trinajstić information content (AvgIpc) is 2.67. The van der Waals surface area contributed by atoms with Crippen LogP contribution in [0.15, 0.2) is 24.5 Å². The summed E-state index contributed by atoms with van der Waals surface area (Å²) in [6.07, 6.45) is 3.40. The minimum Gasteiger partial charge on any atom is -0.434 e. The maximum Gasteiger partial charge on any atom is 0.239 e. The molecule has 0 fully saturated rings. The zero-order valence-corrected chi connectivity index (χ0v) is 9.21. The zero-order valence-electron chi connectivity index (χ0n) is 9.21. The second-order valence-corrected chi connectivity index (χ2v) is 3.35. The fourth-order valence-corrected chi connectivity index (χ4v) is 1.25. The summed E-state index contributed by atoms with van der Waals surface area (Å²) in [5, 5.41) is 15.0. The topological polar surface area (TPSA) is 64.9 Å². The first-order valence-corrected chi connectivity index (χ1v) is 4.91. The molecule has 16 heavy (non-hydrogen) atoms. The van der Waals surface area contributed by atoms with Crippen molar-refractivity contribution in [1.82, 2.24) is 25.3 Å². The van der Waals surface area contributed by atoms with E-state index in [9.17, 15) is 0 Å². The van der Waals surface area contributed by atoms with Gasteiger partial charge in [-0.3, -0.25) is 4.68 Å². The molecule has 2 heterocycles. The van der Waals surface area contributed by atoms with E-state index < -0.39 is 0 Å². The first-order valence-electron chi connectivity index (χ1n) is 4.91. The second kappa shape index (κ2) is 4.71. The largest absolute Gasteiger partial charge is 0.434 e. The fraction of sp³-hybridized carbons (Fsp3) is 0.300. The van der Waals surface area contributed by atoms with E-state index in [2.05, 4.69) is 20.6 Å². The molecule has 1 N–H and O–H groups in total. The highest BCUT2D eigenvalue weighted by Gasteiger charge is 2.01. The Labute approximate surface area is 93.3 Å². The molecule has 0 aliphatic carbocycles. The van der Waals surface area contributed by atoms with Gasteiger partial charge < -0.3 is 10.1 Å².